The molecule has 0 bridgehead atoms. The van der Waals surface area contributed by atoms with Gasteiger partial charge in [-0.15, -0.1) is 24.4 Å². The van der Waals surface area contributed by atoms with Gasteiger partial charge in [-0.05, 0) is 11.1 Å². The van der Waals surface area contributed by atoms with E-state index < -0.39 is 17.4 Å². The first-order valence-electron chi connectivity index (χ1n) is 8.53. The molecule has 2 aromatic rings. The van der Waals surface area contributed by atoms with Gasteiger partial charge in [0.1, 0.15) is 5.70 Å². The van der Waals surface area contributed by atoms with E-state index >= 15 is 0 Å². The lowest BCUT2D eigenvalue weighted by Crippen LogP contribution is -2.56. The number of nitrogens with zero attached hydrogens (tertiary/aromatic N) is 1. The van der Waals surface area contributed by atoms with Crippen molar-refractivity contribution in [3.05, 3.63) is 82.4 Å². The van der Waals surface area contributed by atoms with Crippen molar-refractivity contribution in [1.29, 1.82) is 0 Å². The third kappa shape index (κ3) is 3.38. The smallest absolute Gasteiger partial charge is 0.356 e. The van der Waals surface area contributed by atoms with Crippen molar-refractivity contribution in [3.8, 4) is 0 Å². The van der Waals surface area contributed by atoms with Crippen LogP contribution in [-0.2, 0) is 14.3 Å². The van der Waals surface area contributed by atoms with Crippen molar-refractivity contribution in [2.45, 2.75) is 23.3 Å². The average Bonchev–Trinajstić information content (AvgIpc) is 2.69. The van der Waals surface area contributed by atoms with Crippen LogP contribution in [0, 0.1) is 0 Å². The van der Waals surface area contributed by atoms with Gasteiger partial charge in [0.25, 0.3) is 0 Å². The molecule has 0 aromatic heterocycles. The zero-order valence-corrected chi connectivity index (χ0v) is 16.0. The molecule has 4 rings (SSSR count). The van der Waals surface area contributed by atoms with E-state index in [2.05, 4.69) is 12.6 Å². The van der Waals surface area contributed by atoms with Crippen LogP contribution in [0.25, 0.3) is 0 Å². The highest BCUT2D eigenvalue weighted by molar-refractivity contribution is 8.02. The van der Waals surface area contributed by atoms with Gasteiger partial charge in [0, 0.05) is 4.91 Å². The van der Waals surface area contributed by atoms with E-state index in [1.807, 2.05) is 60.7 Å². The maximum atomic E-state index is 13.1. The molecule has 1 fully saturated rings. The largest absolute Gasteiger partial charge is 0.448 e. The normalized spacial score (nSPS) is 21.7. The van der Waals surface area contributed by atoms with Gasteiger partial charge in [-0.25, -0.2) is 4.79 Å². The van der Waals surface area contributed by atoms with Gasteiger partial charge < -0.3 is 10.5 Å². The zero-order valence-electron chi connectivity index (χ0n) is 14.3. The molecule has 2 aromatic carbocycles. The van der Waals surface area contributed by atoms with Gasteiger partial charge in [-0.2, -0.15) is 0 Å². The maximum Gasteiger partial charge on any atom is 0.356 e. The summed E-state index contributed by atoms with van der Waals surface area (Å²) in [6.07, 6.45) is -0.217. The predicted molar refractivity (Wildman–Crippen MR) is 108 cm³/mol. The van der Waals surface area contributed by atoms with Crippen LogP contribution in [-0.4, -0.2) is 27.5 Å². The van der Waals surface area contributed by atoms with Gasteiger partial charge in [-0.3, -0.25) is 9.69 Å². The van der Waals surface area contributed by atoms with Crippen LogP contribution in [0.5, 0.6) is 0 Å². The monoisotopic (exact) mass is 398 g/mol. The highest BCUT2D eigenvalue weighted by Gasteiger charge is 2.48. The van der Waals surface area contributed by atoms with Crippen molar-refractivity contribution < 1.29 is 14.3 Å². The first-order valence-corrected chi connectivity index (χ1v) is 9.92. The molecule has 27 heavy (non-hydrogen) atoms. The summed E-state index contributed by atoms with van der Waals surface area (Å²) in [4.78, 5) is 26.9. The first kappa shape index (κ1) is 18.2. The van der Waals surface area contributed by atoms with Crippen molar-refractivity contribution in [1.82, 2.24) is 4.90 Å². The van der Waals surface area contributed by atoms with E-state index in [1.165, 1.54) is 16.7 Å². The van der Waals surface area contributed by atoms with Crippen molar-refractivity contribution in [2.24, 2.45) is 5.73 Å². The summed E-state index contributed by atoms with van der Waals surface area (Å²) < 4.78 is 5.88. The van der Waals surface area contributed by atoms with E-state index in [-0.39, 0.29) is 17.0 Å². The quantitative estimate of drug-likeness (QED) is 0.471. The number of amides is 1. The number of hydrogen-bond acceptors (Lipinski definition) is 6. The van der Waals surface area contributed by atoms with E-state index in [0.29, 0.717) is 11.3 Å². The summed E-state index contributed by atoms with van der Waals surface area (Å²) >= 11 is 5.82. The van der Waals surface area contributed by atoms with Crippen molar-refractivity contribution in [3.63, 3.8) is 0 Å². The Hall–Kier alpha value is -2.22. The number of ether oxygens (including phenoxy) is 1. The molecule has 1 unspecified atom stereocenters. The van der Waals surface area contributed by atoms with Gasteiger partial charge in [0.05, 0.1) is 17.2 Å². The van der Waals surface area contributed by atoms with E-state index in [9.17, 15) is 9.59 Å². The Balaban J connectivity index is 1.68. The summed E-state index contributed by atoms with van der Waals surface area (Å²) in [5.74, 6) is -0.708. The maximum absolute atomic E-state index is 13.1. The molecular weight excluding hydrogens is 380 g/mol. The number of nitrogens with two attached hydrogens (primary N) is 1. The van der Waals surface area contributed by atoms with Crippen molar-refractivity contribution >= 4 is 36.3 Å². The fourth-order valence-corrected chi connectivity index (χ4v) is 4.75. The van der Waals surface area contributed by atoms with Crippen LogP contribution in [0.1, 0.15) is 23.7 Å². The average molecular weight is 399 g/mol. The minimum absolute atomic E-state index is 0.117. The fraction of sp³-hybridized carbons (Fsp3) is 0.200. The third-order valence-corrected chi connectivity index (χ3v) is 6.47. The first-order chi connectivity index (χ1) is 13.1. The SMILES string of the molecule is NC1S[C@@H]2CC(=O)N2C(C(=O)OC(c2ccccc2)c2ccccc2)=C1S. The van der Waals surface area contributed by atoms with E-state index in [0.717, 1.165) is 11.1 Å². The number of β-lactam (4-membered cyclic amide) rings is 1. The molecule has 2 heterocycles. The molecule has 2 aliphatic rings. The molecule has 0 radical (unpaired) electrons. The Morgan fingerprint density at radius 3 is 2.19 bits per heavy atom. The molecule has 0 spiro atoms. The summed E-state index contributed by atoms with van der Waals surface area (Å²) in [5.41, 5.74) is 7.92. The molecule has 2 aliphatic heterocycles. The van der Waals surface area contributed by atoms with E-state index in [1.54, 1.807) is 0 Å². The molecule has 138 valence electrons. The number of fused-ring (bicyclic) bond motifs is 1. The highest BCUT2D eigenvalue weighted by atomic mass is 32.2. The third-order valence-electron chi connectivity index (χ3n) is 4.59. The minimum Gasteiger partial charge on any atom is -0.448 e. The molecule has 0 aliphatic carbocycles. The molecule has 7 heteroatoms. The number of thiol groups is 1. The number of rotatable bonds is 4. The number of benzene rings is 2. The lowest BCUT2D eigenvalue weighted by molar-refractivity contribution is -0.151. The fourth-order valence-electron chi connectivity index (χ4n) is 3.21. The van der Waals surface area contributed by atoms with Crippen LogP contribution in [0.2, 0.25) is 0 Å². The molecule has 0 saturated carbocycles. The summed E-state index contributed by atoms with van der Waals surface area (Å²) in [5, 5.41) is -0.574. The lowest BCUT2D eigenvalue weighted by Gasteiger charge is -2.45. The predicted octanol–water partition coefficient (Wildman–Crippen LogP) is 3.05. The standard InChI is InChI=1S/C20H18N2O3S2/c21-19-18(26)16(22-14(23)11-15(22)27-19)20(24)25-17(12-7-3-1-4-8-12)13-9-5-2-6-10-13/h1-10,15,17,19,26H,11,21H2/t15-,19?/m1/s1. The topological polar surface area (TPSA) is 72.6 Å². The lowest BCUT2D eigenvalue weighted by atomic mass is 10.0. The second kappa shape index (κ2) is 7.42. The number of esters is 1. The number of carbonyl (C=O) groups is 2. The molecule has 1 amide bonds. The van der Waals surface area contributed by atoms with Crippen LogP contribution in [0.3, 0.4) is 0 Å². The number of thioether (sulfide) groups is 1. The van der Waals surface area contributed by atoms with Crippen LogP contribution < -0.4 is 5.73 Å². The summed E-state index contributed by atoms with van der Waals surface area (Å²) in [6, 6.07) is 19.0. The summed E-state index contributed by atoms with van der Waals surface area (Å²) in [7, 11) is 0. The Kier molecular flexibility index (Phi) is 4.99. The Labute approximate surface area is 167 Å². The molecular formula is C20H18N2O3S2. The van der Waals surface area contributed by atoms with E-state index in [4.69, 9.17) is 10.5 Å². The zero-order chi connectivity index (χ0) is 19.0. The van der Waals surface area contributed by atoms with Crippen LogP contribution in [0.4, 0.5) is 0 Å². The van der Waals surface area contributed by atoms with Gasteiger partial charge in [0.15, 0.2) is 6.10 Å². The van der Waals surface area contributed by atoms with Crippen LogP contribution in [0.15, 0.2) is 71.3 Å². The van der Waals surface area contributed by atoms with Crippen molar-refractivity contribution in [2.75, 3.05) is 0 Å². The second-order valence-corrected chi connectivity index (χ2v) is 8.13. The number of hydrogen-bond donors (Lipinski definition) is 2. The highest BCUT2D eigenvalue weighted by Crippen LogP contribution is 2.44. The second-order valence-electron chi connectivity index (χ2n) is 6.32. The Bertz CT molecular complexity index is 862. The molecule has 1 saturated heterocycles. The van der Waals surface area contributed by atoms with Gasteiger partial charge in [-0.1, -0.05) is 60.7 Å². The van der Waals surface area contributed by atoms with Crippen LogP contribution >= 0.6 is 24.4 Å². The number of carbonyl (C=O) groups excluding carboxylic acids is 2. The van der Waals surface area contributed by atoms with Gasteiger partial charge >= 0.3 is 5.97 Å². The summed E-state index contributed by atoms with van der Waals surface area (Å²) in [6.45, 7) is 0. The Morgan fingerprint density at radius 1 is 1.11 bits per heavy atom. The van der Waals surface area contributed by atoms with Gasteiger partial charge in [0.2, 0.25) is 5.91 Å². The molecule has 2 atom stereocenters. The molecule has 5 nitrogen and oxygen atoms in total. The Morgan fingerprint density at radius 2 is 1.67 bits per heavy atom. The minimum atomic E-state index is -0.591. The molecule has 2 N–H and O–H groups in total.